The Balaban J connectivity index is 1.87. The molecule has 10 heteroatoms. The molecule has 0 radical (unpaired) electrons. The number of halogens is 2. The highest BCUT2D eigenvalue weighted by Gasteiger charge is 2.20. The van der Waals surface area contributed by atoms with Crippen LogP contribution in [0.15, 0.2) is 38.4 Å². The van der Waals surface area contributed by atoms with Gasteiger partial charge in [0.15, 0.2) is 0 Å². The lowest BCUT2D eigenvalue weighted by molar-refractivity contribution is 0.383. The zero-order chi connectivity index (χ0) is 17.3. The number of rotatable bonds is 5. The molecule has 0 unspecified atom stereocenters. The van der Waals surface area contributed by atoms with E-state index in [1.54, 1.807) is 5.38 Å². The molecule has 2 heterocycles. The van der Waals surface area contributed by atoms with Crippen LogP contribution in [0, 0.1) is 11.6 Å². The Morgan fingerprint density at radius 1 is 1.29 bits per heavy atom. The second kappa shape index (κ2) is 6.29. The number of nitrogens with zero attached hydrogens (tertiary/aromatic N) is 2. The van der Waals surface area contributed by atoms with Crippen LogP contribution in [-0.4, -0.2) is 18.6 Å². The molecule has 0 amide bonds. The van der Waals surface area contributed by atoms with E-state index in [4.69, 9.17) is 4.52 Å². The third-order valence-electron chi connectivity index (χ3n) is 3.04. The molecule has 0 saturated carbocycles. The monoisotopic (exact) mass is 371 g/mol. The van der Waals surface area contributed by atoms with Crippen molar-refractivity contribution in [3.05, 3.63) is 47.2 Å². The van der Waals surface area contributed by atoms with Gasteiger partial charge in [0, 0.05) is 23.4 Å². The normalized spacial score (nSPS) is 11.6. The van der Waals surface area contributed by atoms with Gasteiger partial charge in [-0.2, -0.15) is 4.98 Å². The molecule has 0 bridgehead atoms. The van der Waals surface area contributed by atoms with Crippen LogP contribution in [-0.2, 0) is 16.4 Å². The maximum absolute atomic E-state index is 13.6. The van der Waals surface area contributed by atoms with Crippen molar-refractivity contribution in [3.8, 4) is 11.4 Å². The van der Waals surface area contributed by atoms with E-state index in [-0.39, 0.29) is 15.7 Å². The molecule has 0 saturated heterocycles. The van der Waals surface area contributed by atoms with Gasteiger partial charge in [0.2, 0.25) is 11.7 Å². The van der Waals surface area contributed by atoms with E-state index in [0.29, 0.717) is 23.9 Å². The summed E-state index contributed by atoms with van der Waals surface area (Å²) in [6.07, 6.45) is 0.563. The number of hydrogen-bond acceptors (Lipinski definition) is 6. The zero-order valence-electron chi connectivity index (χ0n) is 12.3. The van der Waals surface area contributed by atoms with Gasteiger partial charge in [0.25, 0.3) is 10.0 Å². The lowest BCUT2D eigenvalue weighted by Crippen LogP contribution is -2.12. The highest BCUT2D eigenvalue weighted by Crippen LogP contribution is 2.29. The van der Waals surface area contributed by atoms with Crippen LogP contribution in [0.1, 0.15) is 12.8 Å². The Kier molecular flexibility index (Phi) is 4.33. The second-order valence-electron chi connectivity index (χ2n) is 4.75. The quantitative estimate of drug-likeness (QED) is 0.743. The molecule has 24 heavy (non-hydrogen) atoms. The van der Waals surface area contributed by atoms with E-state index in [9.17, 15) is 17.2 Å². The molecule has 3 rings (SSSR count). The minimum absolute atomic E-state index is 0.0518. The maximum Gasteiger partial charge on any atom is 0.271 e. The minimum atomic E-state index is -4.01. The van der Waals surface area contributed by atoms with Gasteiger partial charge in [-0.3, -0.25) is 4.72 Å². The molecule has 0 aliphatic heterocycles. The van der Waals surface area contributed by atoms with Crippen molar-refractivity contribution >= 4 is 27.0 Å². The predicted octanol–water partition coefficient (Wildman–Crippen LogP) is 3.44. The first-order valence-electron chi connectivity index (χ1n) is 6.78. The van der Waals surface area contributed by atoms with Crippen molar-refractivity contribution in [1.29, 1.82) is 0 Å². The minimum Gasteiger partial charge on any atom is -0.339 e. The van der Waals surface area contributed by atoms with Crippen LogP contribution < -0.4 is 4.72 Å². The highest BCUT2D eigenvalue weighted by molar-refractivity contribution is 7.94. The highest BCUT2D eigenvalue weighted by atomic mass is 32.2. The number of benzene rings is 1. The number of aryl methyl sites for hydroxylation is 1. The summed E-state index contributed by atoms with van der Waals surface area (Å²) in [6.45, 7) is 1.85. The Labute approximate surface area is 140 Å². The molecule has 0 fully saturated rings. The van der Waals surface area contributed by atoms with E-state index >= 15 is 0 Å². The van der Waals surface area contributed by atoms with Crippen molar-refractivity contribution in [1.82, 2.24) is 10.1 Å². The first-order chi connectivity index (χ1) is 11.4. The van der Waals surface area contributed by atoms with Gasteiger partial charge in [-0.25, -0.2) is 17.2 Å². The predicted molar refractivity (Wildman–Crippen MR) is 84.2 cm³/mol. The molecule has 0 aliphatic rings. The average molecular weight is 371 g/mol. The van der Waals surface area contributed by atoms with Gasteiger partial charge in [0.05, 0.1) is 5.69 Å². The van der Waals surface area contributed by atoms with E-state index in [1.807, 2.05) is 6.92 Å². The third-order valence-corrected chi connectivity index (χ3v) is 5.85. The number of hydrogen-bond donors (Lipinski definition) is 1. The molecule has 6 nitrogen and oxygen atoms in total. The summed E-state index contributed by atoms with van der Waals surface area (Å²) in [7, 11) is -4.01. The summed E-state index contributed by atoms with van der Waals surface area (Å²) in [5.41, 5.74) is 0.141. The summed E-state index contributed by atoms with van der Waals surface area (Å²) in [4.78, 5) is 4.11. The largest absolute Gasteiger partial charge is 0.339 e. The van der Waals surface area contributed by atoms with E-state index in [2.05, 4.69) is 14.9 Å². The fourth-order valence-electron chi connectivity index (χ4n) is 1.86. The van der Waals surface area contributed by atoms with Gasteiger partial charge < -0.3 is 4.52 Å². The number of sulfonamides is 1. The summed E-state index contributed by atoms with van der Waals surface area (Å²) in [5, 5.41) is 5.32. The number of nitrogens with one attached hydrogen (secondary N) is 1. The number of thiophene rings is 1. The Hall–Kier alpha value is -2.33. The topological polar surface area (TPSA) is 85.1 Å². The molecular formula is C14H11F2N3O3S2. The summed E-state index contributed by atoms with van der Waals surface area (Å²) < 4.78 is 58.2. The van der Waals surface area contributed by atoms with Gasteiger partial charge in [-0.05, 0) is 18.2 Å². The Morgan fingerprint density at radius 2 is 2.08 bits per heavy atom. The molecule has 126 valence electrons. The first-order valence-corrected chi connectivity index (χ1v) is 9.14. The van der Waals surface area contributed by atoms with Crippen LogP contribution in [0.25, 0.3) is 11.4 Å². The van der Waals surface area contributed by atoms with Crippen molar-refractivity contribution in [2.45, 2.75) is 17.6 Å². The molecule has 0 atom stereocenters. The molecule has 1 N–H and O–H groups in total. The van der Waals surface area contributed by atoms with Crippen molar-refractivity contribution < 1.29 is 21.7 Å². The molecule has 0 spiro atoms. The molecule has 1 aromatic carbocycles. The number of anilines is 1. The van der Waals surface area contributed by atoms with Crippen molar-refractivity contribution in [2.75, 3.05) is 4.72 Å². The van der Waals surface area contributed by atoms with E-state index in [1.165, 1.54) is 6.07 Å². The van der Waals surface area contributed by atoms with Crippen LogP contribution >= 0.6 is 11.3 Å². The van der Waals surface area contributed by atoms with Crippen LogP contribution in [0.4, 0.5) is 14.5 Å². The maximum atomic E-state index is 13.6. The van der Waals surface area contributed by atoms with Gasteiger partial charge >= 0.3 is 0 Å². The van der Waals surface area contributed by atoms with Crippen LogP contribution in [0.5, 0.6) is 0 Å². The lowest BCUT2D eigenvalue weighted by Gasteiger charge is -2.07. The smallest absolute Gasteiger partial charge is 0.271 e. The standard InChI is InChI=1S/C14H11F2N3O3S2/c1-2-12-17-14(18-22-12)8-5-13(23-7-8)24(20,21)19-11-4-3-9(15)6-10(11)16/h3-7,19H,2H2,1H3. The lowest BCUT2D eigenvalue weighted by atomic mass is 10.3. The van der Waals surface area contributed by atoms with Crippen molar-refractivity contribution in [2.24, 2.45) is 0 Å². The average Bonchev–Trinajstić information content (AvgIpc) is 3.18. The van der Waals surface area contributed by atoms with Crippen LogP contribution in [0.2, 0.25) is 0 Å². The molecular weight excluding hydrogens is 360 g/mol. The molecule has 0 aliphatic carbocycles. The van der Waals surface area contributed by atoms with Gasteiger partial charge in [0.1, 0.15) is 15.8 Å². The second-order valence-corrected chi connectivity index (χ2v) is 7.57. The Bertz CT molecular complexity index is 983. The van der Waals surface area contributed by atoms with E-state index < -0.39 is 21.7 Å². The molecule has 3 aromatic rings. The summed E-state index contributed by atoms with van der Waals surface area (Å²) in [6, 6.07) is 3.94. The summed E-state index contributed by atoms with van der Waals surface area (Å²) in [5.74, 6) is -1.08. The Morgan fingerprint density at radius 3 is 2.75 bits per heavy atom. The SMILES string of the molecule is CCc1nc(-c2csc(S(=O)(=O)Nc3ccc(F)cc3F)c2)no1. The first kappa shape index (κ1) is 16.5. The van der Waals surface area contributed by atoms with Gasteiger partial charge in [-0.1, -0.05) is 12.1 Å². The van der Waals surface area contributed by atoms with E-state index in [0.717, 1.165) is 23.5 Å². The van der Waals surface area contributed by atoms with Crippen LogP contribution in [0.3, 0.4) is 0 Å². The van der Waals surface area contributed by atoms with Gasteiger partial charge in [-0.15, -0.1) is 11.3 Å². The molecule has 2 aromatic heterocycles. The number of aromatic nitrogens is 2. The third kappa shape index (κ3) is 3.29. The summed E-state index contributed by atoms with van der Waals surface area (Å²) >= 11 is 0.928. The fourth-order valence-corrected chi connectivity index (χ4v) is 4.08. The fraction of sp³-hybridized carbons (Fsp3) is 0.143. The zero-order valence-corrected chi connectivity index (χ0v) is 13.9. The van der Waals surface area contributed by atoms with Crippen molar-refractivity contribution in [3.63, 3.8) is 0 Å².